The molecule has 7 heteroatoms. The van der Waals surface area contributed by atoms with Crippen LogP contribution in [0, 0.1) is 5.82 Å². The molecule has 1 aliphatic heterocycles. The summed E-state index contributed by atoms with van der Waals surface area (Å²) in [4.78, 5) is 9.48. The van der Waals surface area contributed by atoms with E-state index < -0.39 is 16.8 Å². The zero-order chi connectivity index (χ0) is 18.5. The lowest BCUT2D eigenvalue weighted by Crippen LogP contribution is -2.32. The van der Waals surface area contributed by atoms with Crippen molar-refractivity contribution in [3.8, 4) is 0 Å². The Bertz CT molecular complexity index is 853. The van der Waals surface area contributed by atoms with Crippen LogP contribution in [-0.4, -0.2) is 33.3 Å². The Balaban J connectivity index is 1.86. The molecule has 1 saturated carbocycles. The maximum atomic E-state index is 14.4. The van der Waals surface area contributed by atoms with E-state index in [4.69, 9.17) is 5.73 Å². The zero-order valence-electron chi connectivity index (χ0n) is 14.7. The third-order valence-corrected chi connectivity index (χ3v) is 5.76. The number of benzene rings is 1. The predicted octanol–water partition coefficient (Wildman–Crippen LogP) is 2.36. The van der Waals surface area contributed by atoms with Crippen molar-refractivity contribution >= 4 is 17.5 Å². The third-order valence-electron chi connectivity index (χ3n) is 5.76. The van der Waals surface area contributed by atoms with E-state index in [0.29, 0.717) is 6.54 Å². The van der Waals surface area contributed by atoms with Gasteiger partial charge < -0.3 is 20.8 Å². The first-order valence-corrected chi connectivity index (χ1v) is 8.90. The number of rotatable bonds is 3. The van der Waals surface area contributed by atoms with Crippen molar-refractivity contribution in [3.05, 3.63) is 41.3 Å². The van der Waals surface area contributed by atoms with Gasteiger partial charge in [-0.15, -0.1) is 0 Å². The van der Waals surface area contributed by atoms with E-state index >= 15 is 0 Å². The van der Waals surface area contributed by atoms with Crippen LogP contribution in [0.15, 0.2) is 24.4 Å². The van der Waals surface area contributed by atoms with Crippen LogP contribution in [0.4, 0.5) is 21.8 Å². The number of anilines is 3. The number of nitrogen functional groups attached to an aromatic ring is 1. The summed E-state index contributed by atoms with van der Waals surface area (Å²) in [7, 11) is 0. The average Bonchev–Trinajstić information content (AvgIpc) is 3.20. The Kier molecular flexibility index (Phi) is 3.89. The normalized spacial score (nSPS) is 24.1. The Labute approximate surface area is 151 Å². The van der Waals surface area contributed by atoms with Crippen molar-refractivity contribution < 1.29 is 14.6 Å². The molecule has 2 aliphatic rings. The number of aliphatic hydroxyl groups excluding tert-OH is 1. The number of hydrogen-bond acceptors (Lipinski definition) is 6. The van der Waals surface area contributed by atoms with E-state index in [0.717, 1.165) is 48.7 Å². The second kappa shape index (κ2) is 5.89. The number of halogens is 1. The standard InChI is InChI=1S/C19H23FN4O2/c1-18(11-25)10-24(16-14(20)9-22-17(21)23-16)15-8-12(4-5-13(15)18)19(26)6-2-3-7-19/h4-5,8-9,25-26H,2-3,6-7,10-11H2,1H3,(H2,21,22,23). The third kappa shape index (κ3) is 2.54. The van der Waals surface area contributed by atoms with E-state index in [1.54, 1.807) is 4.90 Å². The number of hydrogen-bond donors (Lipinski definition) is 3. The molecule has 138 valence electrons. The monoisotopic (exact) mass is 358 g/mol. The van der Waals surface area contributed by atoms with Crippen molar-refractivity contribution in [3.63, 3.8) is 0 Å². The van der Waals surface area contributed by atoms with Crippen molar-refractivity contribution in [2.24, 2.45) is 0 Å². The first-order valence-electron chi connectivity index (χ1n) is 8.90. The molecule has 1 aromatic heterocycles. The summed E-state index contributed by atoms with van der Waals surface area (Å²) in [6.07, 6.45) is 4.47. The fourth-order valence-corrected chi connectivity index (χ4v) is 4.21. The molecule has 6 nitrogen and oxygen atoms in total. The van der Waals surface area contributed by atoms with E-state index in [2.05, 4.69) is 9.97 Å². The Morgan fingerprint density at radius 2 is 2.04 bits per heavy atom. The summed E-state index contributed by atoms with van der Waals surface area (Å²) in [6.45, 7) is 2.22. The minimum atomic E-state index is -0.845. The van der Waals surface area contributed by atoms with Gasteiger partial charge in [-0.2, -0.15) is 4.98 Å². The quantitative estimate of drug-likeness (QED) is 0.780. The minimum Gasteiger partial charge on any atom is -0.395 e. The molecule has 0 amide bonds. The number of aliphatic hydroxyl groups is 2. The van der Waals surface area contributed by atoms with Crippen LogP contribution >= 0.6 is 0 Å². The maximum Gasteiger partial charge on any atom is 0.222 e. The largest absolute Gasteiger partial charge is 0.395 e. The highest BCUT2D eigenvalue weighted by Crippen LogP contribution is 2.47. The molecule has 26 heavy (non-hydrogen) atoms. The first kappa shape index (κ1) is 17.2. The molecule has 0 saturated heterocycles. The molecule has 1 aliphatic carbocycles. The van der Waals surface area contributed by atoms with Crippen LogP contribution in [0.1, 0.15) is 43.7 Å². The van der Waals surface area contributed by atoms with Gasteiger partial charge in [0.05, 0.1) is 18.4 Å². The van der Waals surface area contributed by atoms with Gasteiger partial charge in [0.25, 0.3) is 0 Å². The number of aromatic nitrogens is 2. The van der Waals surface area contributed by atoms with E-state index in [1.807, 2.05) is 25.1 Å². The molecule has 2 aromatic rings. The fourth-order valence-electron chi connectivity index (χ4n) is 4.21. The lowest BCUT2D eigenvalue weighted by Gasteiger charge is -2.25. The zero-order valence-corrected chi connectivity index (χ0v) is 14.7. The van der Waals surface area contributed by atoms with Crippen LogP contribution in [0.2, 0.25) is 0 Å². The van der Waals surface area contributed by atoms with Gasteiger partial charge in [-0.25, -0.2) is 9.37 Å². The Morgan fingerprint density at radius 1 is 1.31 bits per heavy atom. The molecular weight excluding hydrogens is 335 g/mol. The summed E-state index contributed by atoms with van der Waals surface area (Å²) in [5.74, 6) is -0.491. The van der Waals surface area contributed by atoms with Gasteiger partial charge in [-0.05, 0) is 30.0 Å². The lowest BCUT2D eigenvalue weighted by molar-refractivity contribution is 0.0445. The van der Waals surface area contributed by atoms with E-state index in [-0.39, 0.29) is 18.4 Å². The molecule has 0 bridgehead atoms. The minimum absolute atomic E-state index is 0.00822. The molecular formula is C19H23FN4O2. The molecule has 4 N–H and O–H groups in total. The molecule has 2 heterocycles. The van der Waals surface area contributed by atoms with Gasteiger partial charge in [-0.3, -0.25) is 0 Å². The van der Waals surface area contributed by atoms with Crippen LogP contribution in [0.3, 0.4) is 0 Å². The van der Waals surface area contributed by atoms with Gasteiger partial charge in [0.2, 0.25) is 5.95 Å². The molecule has 4 rings (SSSR count). The van der Waals surface area contributed by atoms with E-state index in [9.17, 15) is 14.6 Å². The molecule has 1 aromatic carbocycles. The van der Waals surface area contributed by atoms with Crippen LogP contribution < -0.4 is 10.6 Å². The van der Waals surface area contributed by atoms with Crippen LogP contribution in [-0.2, 0) is 11.0 Å². The van der Waals surface area contributed by atoms with Crippen molar-refractivity contribution in [1.82, 2.24) is 9.97 Å². The molecule has 1 atom stereocenters. The lowest BCUT2D eigenvalue weighted by atomic mass is 9.83. The van der Waals surface area contributed by atoms with Crippen LogP contribution in [0.25, 0.3) is 0 Å². The second-order valence-corrected chi connectivity index (χ2v) is 7.68. The van der Waals surface area contributed by atoms with Crippen molar-refractivity contribution in [1.29, 1.82) is 0 Å². The van der Waals surface area contributed by atoms with Gasteiger partial charge in [0, 0.05) is 17.6 Å². The fraction of sp³-hybridized carbons (Fsp3) is 0.474. The summed E-state index contributed by atoms with van der Waals surface area (Å²) < 4.78 is 14.4. The van der Waals surface area contributed by atoms with Gasteiger partial charge in [0.1, 0.15) is 0 Å². The van der Waals surface area contributed by atoms with Gasteiger partial charge >= 0.3 is 0 Å². The molecule has 1 fully saturated rings. The van der Waals surface area contributed by atoms with Crippen LogP contribution in [0.5, 0.6) is 0 Å². The number of fused-ring (bicyclic) bond motifs is 1. The summed E-state index contributed by atoms with van der Waals surface area (Å²) in [5.41, 5.74) is 6.73. The van der Waals surface area contributed by atoms with E-state index in [1.165, 1.54) is 0 Å². The second-order valence-electron chi connectivity index (χ2n) is 7.68. The Hall–Kier alpha value is -2.25. The SMILES string of the molecule is CC1(CO)CN(c2nc(N)ncc2F)c2cc(C3(O)CCCC3)ccc21. The topological polar surface area (TPSA) is 95.5 Å². The highest BCUT2D eigenvalue weighted by atomic mass is 19.1. The smallest absolute Gasteiger partial charge is 0.222 e. The number of nitrogens with two attached hydrogens (primary N) is 1. The predicted molar refractivity (Wildman–Crippen MR) is 96.7 cm³/mol. The highest BCUT2D eigenvalue weighted by molar-refractivity contribution is 5.72. The Morgan fingerprint density at radius 3 is 2.73 bits per heavy atom. The first-order chi connectivity index (χ1) is 12.4. The van der Waals surface area contributed by atoms with Gasteiger partial charge in [-0.1, -0.05) is 31.9 Å². The molecule has 1 unspecified atom stereocenters. The molecule has 0 radical (unpaired) electrons. The number of nitrogens with zero attached hydrogens (tertiary/aromatic N) is 3. The van der Waals surface area contributed by atoms with Gasteiger partial charge in [0.15, 0.2) is 11.6 Å². The molecule has 0 spiro atoms. The highest BCUT2D eigenvalue weighted by Gasteiger charge is 2.42. The van der Waals surface area contributed by atoms with Crippen molar-refractivity contribution in [2.45, 2.75) is 43.6 Å². The van der Waals surface area contributed by atoms with Crippen molar-refractivity contribution in [2.75, 3.05) is 23.8 Å². The maximum absolute atomic E-state index is 14.4. The average molecular weight is 358 g/mol. The summed E-state index contributed by atoms with van der Waals surface area (Å²) in [6, 6.07) is 5.76. The summed E-state index contributed by atoms with van der Waals surface area (Å²) >= 11 is 0. The summed E-state index contributed by atoms with van der Waals surface area (Å²) in [5, 5.41) is 20.9.